The highest BCUT2D eigenvalue weighted by molar-refractivity contribution is 7.80. The number of hydrogen-bond donors (Lipinski definition) is 2. The molecule has 0 radical (unpaired) electrons. The van der Waals surface area contributed by atoms with Crippen LogP contribution in [-0.2, 0) is 0 Å². The molecule has 0 saturated heterocycles. The second-order valence-corrected chi connectivity index (χ2v) is 4.01. The molecule has 1 amide bonds. The van der Waals surface area contributed by atoms with E-state index in [0.717, 1.165) is 4.90 Å². The van der Waals surface area contributed by atoms with Gasteiger partial charge in [-0.3, -0.25) is 4.79 Å². The number of aliphatic hydroxyl groups excluding tert-OH is 1. The molecule has 1 N–H and O–H groups in total. The van der Waals surface area contributed by atoms with Gasteiger partial charge >= 0.3 is 0 Å². The standard InChI is InChI=1S/C11H15NO2S/c1-8(7-13)12(2)11(14)9-3-5-10(15)6-4-9/h3-6,8,13,15H,7H2,1-2H3. The maximum atomic E-state index is 11.8. The number of hydrogen-bond acceptors (Lipinski definition) is 3. The largest absolute Gasteiger partial charge is 0.394 e. The van der Waals surface area contributed by atoms with Gasteiger partial charge in [-0.25, -0.2) is 0 Å². The van der Waals surface area contributed by atoms with Gasteiger partial charge in [-0.2, -0.15) is 0 Å². The van der Waals surface area contributed by atoms with Crippen LogP contribution in [0.5, 0.6) is 0 Å². The molecule has 1 unspecified atom stereocenters. The molecular formula is C11H15NO2S. The molecule has 0 heterocycles. The Hall–Kier alpha value is -1.00. The van der Waals surface area contributed by atoms with Crippen LogP contribution in [0.15, 0.2) is 29.2 Å². The molecule has 4 heteroatoms. The van der Waals surface area contributed by atoms with Gasteiger partial charge < -0.3 is 10.0 Å². The summed E-state index contributed by atoms with van der Waals surface area (Å²) < 4.78 is 0. The summed E-state index contributed by atoms with van der Waals surface area (Å²) in [5, 5.41) is 8.94. The number of amides is 1. The van der Waals surface area contributed by atoms with Crippen molar-refractivity contribution >= 4 is 18.5 Å². The van der Waals surface area contributed by atoms with E-state index in [1.165, 1.54) is 4.90 Å². The van der Waals surface area contributed by atoms with Crippen molar-refractivity contribution in [3.8, 4) is 0 Å². The van der Waals surface area contributed by atoms with Gasteiger partial charge in [-0.1, -0.05) is 0 Å². The van der Waals surface area contributed by atoms with Crippen molar-refractivity contribution in [3.05, 3.63) is 29.8 Å². The Morgan fingerprint density at radius 2 is 2.00 bits per heavy atom. The molecule has 1 aromatic rings. The molecule has 15 heavy (non-hydrogen) atoms. The van der Waals surface area contributed by atoms with Crippen LogP contribution >= 0.6 is 12.6 Å². The van der Waals surface area contributed by atoms with E-state index in [2.05, 4.69) is 12.6 Å². The number of thiol groups is 1. The van der Waals surface area contributed by atoms with E-state index in [0.29, 0.717) is 5.56 Å². The summed E-state index contributed by atoms with van der Waals surface area (Å²) in [7, 11) is 1.68. The number of carbonyl (C=O) groups excluding carboxylic acids is 1. The van der Waals surface area contributed by atoms with E-state index in [1.807, 2.05) is 0 Å². The molecule has 3 nitrogen and oxygen atoms in total. The minimum atomic E-state index is -0.173. The van der Waals surface area contributed by atoms with Gasteiger partial charge in [0.1, 0.15) is 0 Å². The summed E-state index contributed by atoms with van der Waals surface area (Å²) in [6, 6.07) is 6.83. The maximum Gasteiger partial charge on any atom is 0.253 e. The zero-order chi connectivity index (χ0) is 11.4. The van der Waals surface area contributed by atoms with E-state index in [9.17, 15) is 4.79 Å². The molecule has 82 valence electrons. The zero-order valence-electron chi connectivity index (χ0n) is 8.84. The third-order valence-corrected chi connectivity index (χ3v) is 2.66. The fraction of sp³-hybridized carbons (Fsp3) is 0.364. The lowest BCUT2D eigenvalue weighted by atomic mass is 10.2. The maximum absolute atomic E-state index is 11.8. The van der Waals surface area contributed by atoms with Crippen molar-refractivity contribution in [2.45, 2.75) is 17.9 Å². The second-order valence-electron chi connectivity index (χ2n) is 3.49. The summed E-state index contributed by atoms with van der Waals surface area (Å²) in [5.74, 6) is -0.0927. The zero-order valence-corrected chi connectivity index (χ0v) is 9.74. The summed E-state index contributed by atoms with van der Waals surface area (Å²) >= 11 is 4.15. The van der Waals surface area contributed by atoms with Gasteiger partial charge in [0, 0.05) is 17.5 Å². The normalized spacial score (nSPS) is 12.3. The first-order chi connectivity index (χ1) is 7.06. The predicted octanol–water partition coefficient (Wildman–Crippen LogP) is 1.43. The second kappa shape index (κ2) is 5.19. The molecule has 0 aliphatic carbocycles. The summed E-state index contributed by atoms with van der Waals surface area (Å²) in [5.41, 5.74) is 0.607. The number of likely N-dealkylation sites (N-methyl/N-ethyl adjacent to an activating group) is 1. The van der Waals surface area contributed by atoms with Crippen LogP contribution in [0.4, 0.5) is 0 Å². The Kier molecular flexibility index (Phi) is 4.17. The monoisotopic (exact) mass is 225 g/mol. The molecule has 0 aromatic heterocycles. The number of aliphatic hydroxyl groups is 1. The lowest BCUT2D eigenvalue weighted by molar-refractivity contribution is 0.0682. The number of benzene rings is 1. The third-order valence-electron chi connectivity index (χ3n) is 2.36. The molecule has 0 spiro atoms. The van der Waals surface area contributed by atoms with E-state index >= 15 is 0 Å². The molecule has 1 rings (SSSR count). The van der Waals surface area contributed by atoms with Crippen LogP contribution in [0.3, 0.4) is 0 Å². The first kappa shape index (κ1) is 12.1. The fourth-order valence-corrected chi connectivity index (χ4v) is 1.28. The summed E-state index contributed by atoms with van der Waals surface area (Å²) in [6.07, 6.45) is 0. The van der Waals surface area contributed by atoms with Crippen molar-refractivity contribution in [1.82, 2.24) is 4.90 Å². The topological polar surface area (TPSA) is 40.5 Å². The third kappa shape index (κ3) is 2.97. The van der Waals surface area contributed by atoms with Gasteiger partial charge in [-0.05, 0) is 31.2 Å². The van der Waals surface area contributed by atoms with Crippen LogP contribution in [0.25, 0.3) is 0 Å². The van der Waals surface area contributed by atoms with Crippen LogP contribution in [0.1, 0.15) is 17.3 Å². The van der Waals surface area contributed by atoms with Gasteiger partial charge in [0.15, 0.2) is 0 Å². The fourth-order valence-electron chi connectivity index (χ4n) is 1.13. The van der Waals surface area contributed by atoms with E-state index in [-0.39, 0.29) is 18.6 Å². The van der Waals surface area contributed by atoms with E-state index < -0.39 is 0 Å². The van der Waals surface area contributed by atoms with Crippen molar-refractivity contribution in [3.63, 3.8) is 0 Å². The number of rotatable bonds is 3. The predicted molar refractivity (Wildman–Crippen MR) is 62.3 cm³/mol. The molecule has 1 aromatic carbocycles. The molecule has 1 atom stereocenters. The Bertz CT molecular complexity index is 337. The highest BCUT2D eigenvalue weighted by Gasteiger charge is 2.16. The average Bonchev–Trinajstić information content (AvgIpc) is 2.27. The molecule has 0 fully saturated rings. The molecule has 0 aliphatic heterocycles. The van der Waals surface area contributed by atoms with Crippen molar-refractivity contribution < 1.29 is 9.90 Å². The average molecular weight is 225 g/mol. The van der Waals surface area contributed by atoms with Crippen LogP contribution < -0.4 is 0 Å². The molecular weight excluding hydrogens is 210 g/mol. The van der Waals surface area contributed by atoms with Crippen LogP contribution in [-0.4, -0.2) is 35.6 Å². The number of nitrogens with zero attached hydrogens (tertiary/aromatic N) is 1. The van der Waals surface area contributed by atoms with Gasteiger partial charge in [0.25, 0.3) is 5.91 Å². The molecule has 0 saturated carbocycles. The van der Waals surface area contributed by atoms with Gasteiger partial charge in [-0.15, -0.1) is 12.6 Å². The first-order valence-electron chi connectivity index (χ1n) is 4.73. The van der Waals surface area contributed by atoms with Crippen LogP contribution in [0.2, 0.25) is 0 Å². The summed E-state index contributed by atoms with van der Waals surface area (Å²) in [4.78, 5) is 14.2. The lowest BCUT2D eigenvalue weighted by Gasteiger charge is -2.23. The SMILES string of the molecule is CC(CO)N(C)C(=O)c1ccc(S)cc1. The van der Waals surface area contributed by atoms with E-state index in [1.54, 1.807) is 38.2 Å². The van der Waals surface area contributed by atoms with Gasteiger partial charge in [0.05, 0.1) is 12.6 Å². The quantitative estimate of drug-likeness (QED) is 0.764. The first-order valence-corrected chi connectivity index (χ1v) is 5.18. The van der Waals surface area contributed by atoms with Crippen molar-refractivity contribution in [2.75, 3.05) is 13.7 Å². The highest BCUT2D eigenvalue weighted by atomic mass is 32.1. The van der Waals surface area contributed by atoms with Gasteiger partial charge in [0.2, 0.25) is 0 Å². The molecule has 0 aliphatic rings. The van der Waals surface area contributed by atoms with Crippen molar-refractivity contribution in [2.24, 2.45) is 0 Å². The minimum absolute atomic E-state index is 0.0348. The highest BCUT2D eigenvalue weighted by Crippen LogP contribution is 2.10. The Balaban J connectivity index is 2.80. The Labute approximate surface area is 95.1 Å². The number of carbonyl (C=O) groups is 1. The van der Waals surface area contributed by atoms with E-state index in [4.69, 9.17) is 5.11 Å². The molecule has 0 bridgehead atoms. The Morgan fingerprint density at radius 1 is 1.47 bits per heavy atom. The van der Waals surface area contributed by atoms with Crippen molar-refractivity contribution in [1.29, 1.82) is 0 Å². The summed E-state index contributed by atoms with van der Waals surface area (Å²) in [6.45, 7) is 1.76. The smallest absolute Gasteiger partial charge is 0.253 e. The van der Waals surface area contributed by atoms with Crippen LogP contribution in [0, 0.1) is 0 Å². The Morgan fingerprint density at radius 3 is 2.47 bits per heavy atom. The minimum Gasteiger partial charge on any atom is -0.394 e. The lowest BCUT2D eigenvalue weighted by Crippen LogP contribution is -2.37.